The molecule has 1 heterocycles. The Labute approximate surface area is 136 Å². The first-order valence-electron chi connectivity index (χ1n) is 6.84. The van der Waals surface area contributed by atoms with Gasteiger partial charge in [0, 0.05) is 5.56 Å². The van der Waals surface area contributed by atoms with Crippen molar-refractivity contribution >= 4 is 23.2 Å². The topological polar surface area (TPSA) is 55.1 Å². The number of halogens is 2. The number of aryl methyl sites for hydroxylation is 1. The molecule has 0 bridgehead atoms. The molecule has 0 saturated carbocycles. The zero-order valence-corrected chi connectivity index (χ0v) is 12.9. The summed E-state index contributed by atoms with van der Waals surface area (Å²) in [5.74, 6) is -0.565. The standard InChI is InChI=1S/C17H12ClFN2O2/c1-10-15(21-17(23-10)11-6-3-2-4-7-11)16(22)20-13-9-5-8-12(18)14(13)19/h2-9H,1H3,(H,20,22). The smallest absolute Gasteiger partial charge is 0.278 e. The second-order valence-corrected chi connectivity index (χ2v) is 5.25. The predicted molar refractivity (Wildman–Crippen MR) is 86.0 cm³/mol. The highest BCUT2D eigenvalue weighted by molar-refractivity contribution is 6.31. The van der Waals surface area contributed by atoms with E-state index in [1.54, 1.807) is 13.0 Å². The molecule has 1 amide bonds. The minimum absolute atomic E-state index is 0.00818. The molecule has 0 unspecified atom stereocenters. The van der Waals surface area contributed by atoms with Crippen LogP contribution in [0, 0.1) is 12.7 Å². The van der Waals surface area contributed by atoms with Gasteiger partial charge in [0.1, 0.15) is 5.76 Å². The number of carbonyl (C=O) groups is 1. The molecule has 23 heavy (non-hydrogen) atoms. The average Bonchev–Trinajstić information content (AvgIpc) is 2.95. The van der Waals surface area contributed by atoms with Crippen molar-refractivity contribution in [3.05, 3.63) is 70.8 Å². The van der Waals surface area contributed by atoms with Crippen LogP contribution in [-0.4, -0.2) is 10.9 Å². The van der Waals surface area contributed by atoms with Gasteiger partial charge >= 0.3 is 0 Å². The fourth-order valence-electron chi connectivity index (χ4n) is 2.09. The van der Waals surface area contributed by atoms with E-state index in [4.69, 9.17) is 16.0 Å². The normalized spacial score (nSPS) is 10.6. The number of aromatic nitrogens is 1. The van der Waals surface area contributed by atoms with Gasteiger partial charge in [-0.05, 0) is 31.2 Å². The third kappa shape index (κ3) is 3.10. The Morgan fingerprint density at radius 3 is 2.65 bits per heavy atom. The summed E-state index contributed by atoms with van der Waals surface area (Å²) >= 11 is 5.70. The first-order valence-corrected chi connectivity index (χ1v) is 7.22. The van der Waals surface area contributed by atoms with Crippen LogP contribution in [0.1, 0.15) is 16.2 Å². The predicted octanol–water partition coefficient (Wildman–Crippen LogP) is 4.69. The largest absolute Gasteiger partial charge is 0.441 e. The summed E-state index contributed by atoms with van der Waals surface area (Å²) in [6.07, 6.45) is 0. The molecule has 1 N–H and O–H groups in total. The second kappa shape index (κ2) is 6.22. The molecule has 0 radical (unpaired) electrons. The lowest BCUT2D eigenvalue weighted by atomic mass is 10.2. The summed E-state index contributed by atoms with van der Waals surface area (Å²) in [6, 6.07) is 13.6. The van der Waals surface area contributed by atoms with Crippen LogP contribution in [0.5, 0.6) is 0 Å². The molecule has 1 aromatic heterocycles. The van der Waals surface area contributed by atoms with E-state index in [9.17, 15) is 9.18 Å². The summed E-state index contributed by atoms with van der Waals surface area (Å²) in [5.41, 5.74) is 0.845. The van der Waals surface area contributed by atoms with Gasteiger partial charge in [0.05, 0.1) is 10.7 Å². The van der Waals surface area contributed by atoms with E-state index < -0.39 is 11.7 Å². The Hall–Kier alpha value is -2.66. The third-order valence-electron chi connectivity index (χ3n) is 3.23. The molecular weight excluding hydrogens is 319 g/mol. The summed E-state index contributed by atoms with van der Waals surface area (Å²) in [6.45, 7) is 1.63. The first kappa shape index (κ1) is 15.2. The fraction of sp³-hybridized carbons (Fsp3) is 0.0588. The van der Waals surface area contributed by atoms with Gasteiger partial charge < -0.3 is 9.73 Å². The van der Waals surface area contributed by atoms with Gasteiger partial charge in [0.25, 0.3) is 5.91 Å². The number of anilines is 1. The molecule has 3 aromatic rings. The van der Waals surface area contributed by atoms with Crippen molar-refractivity contribution in [3.63, 3.8) is 0 Å². The number of benzene rings is 2. The van der Waals surface area contributed by atoms with Crippen molar-refractivity contribution < 1.29 is 13.6 Å². The van der Waals surface area contributed by atoms with Crippen molar-refractivity contribution in [1.29, 1.82) is 0 Å². The van der Waals surface area contributed by atoms with Crippen LogP contribution in [0.25, 0.3) is 11.5 Å². The van der Waals surface area contributed by atoms with E-state index in [-0.39, 0.29) is 16.4 Å². The number of oxazole rings is 1. The van der Waals surface area contributed by atoms with E-state index in [0.717, 1.165) is 5.56 Å². The minimum Gasteiger partial charge on any atom is -0.441 e. The van der Waals surface area contributed by atoms with Crippen LogP contribution in [0.2, 0.25) is 5.02 Å². The molecule has 116 valence electrons. The van der Waals surface area contributed by atoms with Crippen LogP contribution in [0.4, 0.5) is 10.1 Å². The minimum atomic E-state index is -0.688. The molecule has 0 spiro atoms. The third-order valence-corrected chi connectivity index (χ3v) is 3.52. The van der Waals surface area contributed by atoms with Gasteiger partial charge in [0.15, 0.2) is 11.5 Å². The Morgan fingerprint density at radius 1 is 1.17 bits per heavy atom. The average molecular weight is 331 g/mol. The monoisotopic (exact) mass is 330 g/mol. The molecule has 0 atom stereocenters. The number of nitrogens with one attached hydrogen (secondary N) is 1. The number of hydrogen-bond donors (Lipinski definition) is 1. The van der Waals surface area contributed by atoms with Crippen LogP contribution in [0.15, 0.2) is 52.9 Å². The zero-order chi connectivity index (χ0) is 16.4. The van der Waals surface area contributed by atoms with Gasteiger partial charge in [-0.25, -0.2) is 9.37 Å². The maximum absolute atomic E-state index is 13.9. The highest BCUT2D eigenvalue weighted by Gasteiger charge is 2.19. The van der Waals surface area contributed by atoms with E-state index in [0.29, 0.717) is 11.7 Å². The first-order chi connectivity index (χ1) is 11.1. The molecule has 6 heteroatoms. The summed E-state index contributed by atoms with van der Waals surface area (Å²) in [5, 5.41) is 2.39. The number of rotatable bonds is 3. The van der Waals surface area contributed by atoms with Gasteiger partial charge in [-0.2, -0.15) is 0 Å². The molecule has 0 fully saturated rings. The van der Waals surface area contributed by atoms with E-state index in [1.807, 2.05) is 30.3 Å². The number of nitrogens with zero attached hydrogens (tertiary/aromatic N) is 1. The van der Waals surface area contributed by atoms with Gasteiger partial charge in [-0.15, -0.1) is 0 Å². The van der Waals surface area contributed by atoms with Crippen LogP contribution < -0.4 is 5.32 Å². The van der Waals surface area contributed by atoms with Crippen LogP contribution in [-0.2, 0) is 0 Å². The van der Waals surface area contributed by atoms with Gasteiger partial charge in [-0.3, -0.25) is 4.79 Å². The van der Waals surface area contributed by atoms with E-state index in [1.165, 1.54) is 12.1 Å². The van der Waals surface area contributed by atoms with Crippen LogP contribution >= 0.6 is 11.6 Å². The van der Waals surface area contributed by atoms with Crippen molar-refractivity contribution in [2.24, 2.45) is 0 Å². The molecule has 2 aromatic carbocycles. The molecule has 3 rings (SSSR count). The Kier molecular flexibility index (Phi) is 4.12. The lowest BCUT2D eigenvalue weighted by molar-refractivity contribution is 0.102. The highest BCUT2D eigenvalue weighted by Crippen LogP contribution is 2.25. The summed E-state index contributed by atoms with van der Waals surface area (Å²) in [4.78, 5) is 16.5. The molecule has 0 aliphatic heterocycles. The maximum Gasteiger partial charge on any atom is 0.278 e. The SMILES string of the molecule is Cc1oc(-c2ccccc2)nc1C(=O)Nc1cccc(Cl)c1F. The Bertz CT molecular complexity index is 862. The van der Waals surface area contributed by atoms with Gasteiger partial charge in [0.2, 0.25) is 5.89 Å². The molecular formula is C17H12ClFN2O2. The molecule has 0 saturated heterocycles. The lowest BCUT2D eigenvalue weighted by Gasteiger charge is -2.05. The number of hydrogen-bond acceptors (Lipinski definition) is 3. The quantitative estimate of drug-likeness (QED) is 0.757. The maximum atomic E-state index is 13.9. The Balaban J connectivity index is 1.89. The zero-order valence-electron chi connectivity index (χ0n) is 12.1. The van der Waals surface area contributed by atoms with Crippen molar-refractivity contribution in [2.45, 2.75) is 6.92 Å². The van der Waals surface area contributed by atoms with Crippen molar-refractivity contribution in [2.75, 3.05) is 5.32 Å². The summed E-state index contributed by atoms with van der Waals surface area (Å²) in [7, 11) is 0. The van der Waals surface area contributed by atoms with E-state index >= 15 is 0 Å². The van der Waals surface area contributed by atoms with Crippen LogP contribution in [0.3, 0.4) is 0 Å². The lowest BCUT2D eigenvalue weighted by Crippen LogP contribution is -2.14. The molecule has 0 aliphatic rings. The van der Waals surface area contributed by atoms with Crippen molar-refractivity contribution in [3.8, 4) is 11.5 Å². The van der Waals surface area contributed by atoms with Crippen molar-refractivity contribution in [1.82, 2.24) is 4.98 Å². The Morgan fingerprint density at radius 2 is 1.91 bits per heavy atom. The summed E-state index contributed by atoms with van der Waals surface area (Å²) < 4.78 is 19.4. The highest BCUT2D eigenvalue weighted by atomic mass is 35.5. The second-order valence-electron chi connectivity index (χ2n) is 4.85. The fourth-order valence-corrected chi connectivity index (χ4v) is 2.27. The number of amides is 1. The molecule has 0 aliphatic carbocycles. The van der Waals surface area contributed by atoms with Gasteiger partial charge in [-0.1, -0.05) is 35.9 Å². The number of carbonyl (C=O) groups excluding carboxylic acids is 1. The molecule has 4 nitrogen and oxygen atoms in total. The van der Waals surface area contributed by atoms with E-state index in [2.05, 4.69) is 10.3 Å².